The monoisotopic (exact) mass is 358 g/mol. The molecule has 1 aliphatic rings. The van der Waals surface area contributed by atoms with Gasteiger partial charge >= 0.3 is 6.03 Å². The maximum Gasteiger partial charge on any atom is 0.321 e. The van der Waals surface area contributed by atoms with Crippen LogP contribution in [-0.2, 0) is 0 Å². The number of anilines is 1. The lowest BCUT2D eigenvalue weighted by Crippen LogP contribution is -2.42. The van der Waals surface area contributed by atoms with E-state index < -0.39 is 6.10 Å². The lowest BCUT2D eigenvalue weighted by Gasteiger charge is -2.34. The summed E-state index contributed by atoms with van der Waals surface area (Å²) in [7, 11) is 0. The van der Waals surface area contributed by atoms with Crippen molar-refractivity contribution in [2.45, 2.75) is 25.9 Å². The maximum absolute atomic E-state index is 12.4. The summed E-state index contributed by atoms with van der Waals surface area (Å²) < 4.78 is 0. The number of aliphatic hydroxyl groups is 1. The van der Waals surface area contributed by atoms with Gasteiger partial charge in [-0.2, -0.15) is 0 Å². The molecule has 3 rings (SSSR count). The fourth-order valence-electron chi connectivity index (χ4n) is 3.21. The molecule has 1 saturated heterocycles. The number of hydrogen-bond donors (Lipinski definition) is 2. The lowest BCUT2D eigenvalue weighted by atomic mass is 9.87. The van der Waals surface area contributed by atoms with Crippen LogP contribution >= 0.6 is 11.6 Å². The summed E-state index contributed by atoms with van der Waals surface area (Å²) in [5.41, 5.74) is 2.63. The zero-order chi connectivity index (χ0) is 17.8. The molecule has 2 amide bonds. The number of hydrogen-bond acceptors (Lipinski definition) is 2. The molecular weight excluding hydrogens is 336 g/mol. The average molecular weight is 359 g/mol. The van der Waals surface area contributed by atoms with Crippen molar-refractivity contribution in [3.05, 3.63) is 64.7 Å². The highest BCUT2D eigenvalue weighted by molar-refractivity contribution is 6.31. The van der Waals surface area contributed by atoms with Gasteiger partial charge in [0.05, 0.1) is 6.10 Å². The molecule has 1 heterocycles. The van der Waals surface area contributed by atoms with E-state index in [9.17, 15) is 9.90 Å². The standard InChI is InChI=1S/C20H23ClN2O2/c1-14-7-8-17(13-18(14)21)22-20(25)23-11-9-16(10-12-23)19(24)15-5-3-2-4-6-15/h2-8,13,16,19,24H,9-12H2,1H3,(H,22,25). The first-order valence-corrected chi connectivity index (χ1v) is 8.97. The highest BCUT2D eigenvalue weighted by Crippen LogP contribution is 2.31. The van der Waals surface area contributed by atoms with Crippen LogP contribution in [0.25, 0.3) is 0 Å². The quantitative estimate of drug-likeness (QED) is 0.840. The van der Waals surface area contributed by atoms with Crippen LogP contribution in [0.1, 0.15) is 30.1 Å². The van der Waals surface area contributed by atoms with Crippen LogP contribution in [0, 0.1) is 12.8 Å². The summed E-state index contributed by atoms with van der Waals surface area (Å²) in [6.45, 7) is 3.21. The van der Waals surface area contributed by atoms with E-state index in [1.165, 1.54) is 0 Å². The van der Waals surface area contributed by atoms with Gasteiger partial charge in [-0.25, -0.2) is 4.79 Å². The number of likely N-dealkylation sites (tertiary alicyclic amines) is 1. The number of urea groups is 1. The number of rotatable bonds is 3. The van der Waals surface area contributed by atoms with Crippen LogP contribution in [0.4, 0.5) is 10.5 Å². The lowest BCUT2D eigenvalue weighted by molar-refractivity contribution is 0.0683. The van der Waals surface area contributed by atoms with Crippen molar-refractivity contribution in [3.63, 3.8) is 0 Å². The summed E-state index contributed by atoms with van der Waals surface area (Å²) in [6.07, 6.45) is 1.11. The number of aliphatic hydroxyl groups excluding tert-OH is 1. The van der Waals surface area contributed by atoms with Crippen LogP contribution < -0.4 is 5.32 Å². The van der Waals surface area contributed by atoms with E-state index in [1.54, 1.807) is 11.0 Å². The predicted octanol–water partition coefficient (Wildman–Crippen LogP) is 4.63. The SMILES string of the molecule is Cc1ccc(NC(=O)N2CCC(C(O)c3ccccc3)CC2)cc1Cl. The van der Waals surface area contributed by atoms with Gasteiger partial charge in [-0.15, -0.1) is 0 Å². The molecular formula is C20H23ClN2O2. The molecule has 0 spiro atoms. The van der Waals surface area contributed by atoms with E-state index in [4.69, 9.17) is 11.6 Å². The van der Waals surface area contributed by atoms with Gasteiger partial charge in [-0.1, -0.05) is 48.0 Å². The summed E-state index contributed by atoms with van der Waals surface area (Å²) >= 11 is 6.10. The van der Waals surface area contributed by atoms with Crippen molar-refractivity contribution in [2.75, 3.05) is 18.4 Å². The molecule has 132 valence electrons. The minimum Gasteiger partial charge on any atom is -0.388 e. The molecule has 0 aliphatic carbocycles. The number of benzene rings is 2. The number of halogens is 1. The van der Waals surface area contributed by atoms with E-state index in [0.717, 1.165) is 24.0 Å². The normalized spacial score (nSPS) is 16.5. The Balaban J connectivity index is 1.54. The highest BCUT2D eigenvalue weighted by Gasteiger charge is 2.28. The Morgan fingerprint density at radius 1 is 1.20 bits per heavy atom. The van der Waals surface area contributed by atoms with Crippen LogP contribution in [0.2, 0.25) is 5.02 Å². The topological polar surface area (TPSA) is 52.6 Å². The minimum atomic E-state index is -0.470. The molecule has 25 heavy (non-hydrogen) atoms. The van der Waals surface area contributed by atoms with Crippen molar-refractivity contribution in [1.82, 2.24) is 4.90 Å². The fraction of sp³-hybridized carbons (Fsp3) is 0.350. The van der Waals surface area contributed by atoms with Gasteiger partial charge in [0.2, 0.25) is 0 Å². The predicted molar refractivity (Wildman–Crippen MR) is 101 cm³/mol. The smallest absolute Gasteiger partial charge is 0.321 e. The molecule has 2 aromatic carbocycles. The molecule has 0 radical (unpaired) electrons. The molecule has 0 aromatic heterocycles. The molecule has 1 unspecified atom stereocenters. The van der Waals surface area contributed by atoms with E-state index in [2.05, 4.69) is 5.32 Å². The largest absolute Gasteiger partial charge is 0.388 e. The molecule has 5 heteroatoms. The number of nitrogens with one attached hydrogen (secondary N) is 1. The second kappa shape index (κ2) is 7.89. The van der Waals surface area contributed by atoms with Gasteiger partial charge in [0.15, 0.2) is 0 Å². The molecule has 0 saturated carbocycles. The summed E-state index contributed by atoms with van der Waals surface area (Å²) in [6, 6.07) is 15.1. The molecule has 1 atom stereocenters. The number of amides is 2. The first kappa shape index (κ1) is 17.8. The van der Waals surface area contributed by atoms with Gasteiger partial charge in [0, 0.05) is 23.8 Å². The zero-order valence-electron chi connectivity index (χ0n) is 14.3. The Kier molecular flexibility index (Phi) is 5.61. The van der Waals surface area contributed by atoms with Crippen molar-refractivity contribution in [2.24, 2.45) is 5.92 Å². The first-order chi connectivity index (χ1) is 12.0. The number of piperidine rings is 1. The van der Waals surface area contributed by atoms with Crippen molar-refractivity contribution in [3.8, 4) is 0 Å². The van der Waals surface area contributed by atoms with E-state index >= 15 is 0 Å². The van der Waals surface area contributed by atoms with Crippen LogP contribution in [0.15, 0.2) is 48.5 Å². The van der Waals surface area contributed by atoms with Crippen LogP contribution in [0.5, 0.6) is 0 Å². The summed E-state index contributed by atoms with van der Waals surface area (Å²) in [4.78, 5) is 14.2. The maximum atomic E-state index is 12.4. The van der Waals surface area contributed by atoms with Crippen LogP contribution in [0.3, 0.4) is 0 Å². The van der Waals surface area contributed by atoms with Gasteiger partial charge in [0.1, 0.15) is 0 Å². The third-order valence-electron chi connectivity index (χ3n) is 4.84. The second-order valence-electron chi connectivity index (χ2n) is 6.57. The second-order valence-corrected chi connectivity index (χ2v) is 6.98. The number of carbonyl (C=O) groups excluding carboxylic acids is 1. The number of aryl methyl sites for hydroxylation is 1. The van der Waals surface area contributed by atoms with E-state index in [1.807, 2.05) is 49.4 Å². The Morgan fingerprint density at radius 3 is 2.52 bits per heavy atom. The van der Waals surface area contributed by atoms with Crippen molar-refractivity contribution < 1.29 is 9.90 Å². The molecule has 2 N–H and O–H groups in total. The Morgan fingerprint density at radius 2 is 1.88 bits per heavy atom. The molecule has 0 bridgehead atoms. The zero-order valence-corrected chi connectivity index (χ0v) is 15.0. The fourth-order valence-corrected chi connectivity index (χ4v) is 3.39. The third-order valence-corrected chi connectivity index (χ3v) is 5.24. The highest BCUT2D eigenvalue weighted by atomic mass is 35.5. The molecule has 1 aliphatic heterocycles. The first-order valence-electron chi connectivity index (χ1n) is 8.59. The van der Waals surface area contributed by atoms with Gasteiger partial charge in [-0.05, 0) is 48.9 Å². The van der Waals surface area contributed by atoms with E-state index in [-0.39, 0.29) is 11.9 Å². The Bertz CT molecular complexity index is 728. The average Bonchev–Trinajstić information content (AvgIpc) is 2.65. The molecule has 2 aromatic rings. The van der Waals surface area contributed by atoms with Gasteiger partial charge in [-0.3, -0.25) is 0 Å². The van der Waals surface area contributed by atoms with Crippen molar-refractivity contribution >= 4 is 23.3 Å². The summed E-state index contributed by atoms with van der Waals surface area (Å²) in [5.74, 6) is 0.181. The van der Waals surface area contributed by atoms with Gasteiger partial charge in [0.25, 0.3) is 0 Å². The Hall–Kier alpha value is -2.04. The minimum absolute atomic E-state index is 0.118. The number of carbonyl (C=O) groups is 1. The number of nitrogens with zero attached hydrogens (tertiary/aromatic N) is 1. The summed E-state index contributed by atoms with van der Waals surface area (Å²) in [5, 5.41) is 14.1. The van der Waals surface area contributed by atoms with Crippen molar-refractivity contribution in [1.29, 1.82) is 0 Å². The Labute approximate surface area is 153 Å². The third kappa shape index (κ3) is 4.33. The van der Waals surface area contributed by atoms with E-state index in [0.29, 0.717) is 23.8 Å². The molecule has 4 nitrogen and oxygen atoms in total. The van der Waals surface area contributed by atoms with Crippen LogP contribution in [-0.4, -0.2) is 29.1 Å². The molecule has 1 fully saturated rings. The van der Waals surface area contributed by atoms with Gasteiger partial charge < -0.3 is 15.3 Å².